The van der Waals surface area contributed by atoms with E-state index in [0.717, 1.165) is 19.4 Å². The fourth-order valence-corrected chi connectivity index (χ4v) is 6.60. The number of rotatable bonds is 20. The smallest absolute Gasteiger partial charge is 0.549 e. The van der Waals surface area contributed by atoms with Crippen molar-refractivity contribution in [3.63, 3.8) is 0 Å². The van der Waals surface area contributed by atoms with E-state index < -0.39 is 30.2 Å². The van der Waals surface area contributed by atoms with Crippen LogP contribution in [0.4, 0.5) is 0 Å². The van der Waals surface area contributed by atoms with Crippen molar-refractivity contribution in [3.8, 4) is 0 Å². The van der Waals surface area contributed by atoms with Crippen molar-refractivity contribution in [2.24, 2.45) is 5.41 Å². The van der Waals surface area contributed by atoms with Crippen molar-refractivity contribution in [2.45, 2.75) is 71.0 Å². The van der Waals surface area contributed by atoms with Gasteiger partial charge in [0.2, 0.25) is 11.8 Å². The molecule has 56 heavy (non-hydrogen) atoms. The Morgan fingerprint density at radius 2 is 1.12 bits per heavy atom. The summed E-state index contributed by atoms with van der Waals surface area (Å²) in [5.74, 6) is -3.33. The molecule has 3 N–H and O–H groups in total. The van der Waals surface area contributed by atoms with E-state index in [9.17, 15) is 34.2 Å². The largest absolute Gasteiger partial charge is 1.00 e. The fourth-order valence-electron chi connectivity index (χ4n) is 6.60. The normalized spacial score (nSPS) is 24.1. The number of nitrogens with zero attached hydrogens (tertiary/aromatic N) is 4. The van der Waals surface area contributed by atoms with E-state index in [1.165, 1.54) is 6.92 Å². The predicted molar refractivity (Wildman–Crippen MR) is 193 cm³/mol. The molecule has 3 aliphatic heterocycles. The van der Waals surface area contributed by atoms with Crippen molar-refractivity contribution in [2.75, 3.05) is 125 Å². The zero-order chi connectivity index (χ0) is 39.3. The van der Waals surface area contributed by atoms with Crippen LogP contribution in [0.2, 0.25) is 0 Å². The van der Waals surface area contributed by atoms with Gasteiger partial charge in [-0.25, -0.2) is 0 Å². The molecule has 3 saturated heterocycles. The first-order chi connectivity index (χ1) is 25.9. The quantitative estimate of drug-likeness (QED) is 0.0768. The van der Waals surface area contributed by atoms with Crippen LogP contribution in [0.25, 0.3) is 0 Å². The number of ether oxygens (including phenoxy) is 4. The molecule has 0 saturated carbocycles. The van der Waals surface area contributed by atoms with Crippen molar-refractivity contribution in [3.05, 3.63) is 0 Å². The Morgan fingerprint density at radius 1 is 0.696 bits per heavy atom. The van der Waals surface area contributed by atoms with Crippen molar-refractivity contribution >= 4 is 29.5 Å². The van der Waals surface area contributed by atoms with Gasteiger partial charge in [0.25, 0.3) is 0 Å². The van der Waals surface area contributed by atoms with E-state index >= 15 is 0 Å². The van der Waals surface area contributed by atoms with Gasteiger partial charge in [0.05, 0.1) is 50.3 Å². The molecular formula is C36H63N7Na2O11. The van der Waals surface area contributed by atoms with Crippen LogP contribution < -0.4 is 85.3 Å². The molecule has 20 heteroatoms. The van der Waals surface area contributed by atoms with Crippen LogP contribution in [-0.4, -0.2) is 193 Å². The summed E-state index contributed by atoms with van der Waals surface area (Å²) in [7, 11) is 1.92. The summed E-state index contributed by atoms with van der Waals surface area (Å²) in [6.07, 6.45) is 2.57. The molecule has 3 heterocycles. The van der Waals surface area contributed by atoms with Gasteiger partial charge in [-0.1, -0.05) is 6.92 Å². The van der Waals surface area contributed by atoms with Crippen LogP contribution >= 0.6 is 0 Å². The first-order valence-corrected chi connectivity index (χ1v) is 19.4. The molecule has 1 unspecified atom stereocenters. The molecule has 3 rings (SSSR count). The minimum Gasteiger partial charge on any atom is -0.549 e. The Bertz CT molecular complexity index is 1180. The standard InChI is InChI=1S/C36H65N7O11.2Na/c1-4-40-13-15-41(17-18-43(23-32(48)49)20-19-42(16-14-40)22-31(46)47)21-30(45)39-29(10-9-28(2)44)35(50)38-12-6-8-34-53-26-36(27-54-34)24-51-33(52-25-36)7-5-11-37-3;;/h29,33-34,37H,4-27H2,1-3H3,(H,38,50)(H,39,45)(H,46,47)(H,48,49);;/q;2*+1/p-2. The molecule has 0 aromatic rings. The van der Waals surface area contributed by atoms with Crippen molar-refractivity contribution in [1.82, 2.24) is 35.6 Å². The summed E-state index contributed by atoms with van der Waals surface area (Å²) in [5, 5.41) is 31.6. The molecular weight excluding hydrogens is 752 g/mol. The minimum atomic E-state index is -1.25. The third kappa shape index (κ3) is 21.4. The molecule has 0 bridgehead atoms. The van der Waals surface area contributed by atoms with Gasteiger partial charge in [-0.2, -0.15) is 0 Å². The molecule has 2 amide bonds. The van der Waals surface area contributed by atoms with E-state index in [4.69, 9.17) is 18.9 Å². The molecule has 3 fully saturated rings. The van der Waals surface area contributed by atoms with E-state index in [2.05, 4.69) is 20.9 Å². The van der Waals surface area contributed by atoms with Crippen LogP contribution in [0.5, 0.6) is 0 Å². The number of amides is 2. The number of hydrogen-bond acceptors (Lipinski definition) is 16. The number of aliphatic carboxylic acids is 2. The number of nitrogens with one attached hydrogen (secondary N) is 3. The number of carbonyl (C=O) groups excluding carboxylic acids is 5. The van der Waals surface area contributed by atoms with Gasteiger partial charge >= 0.3 is 59.1 Å². The number of carbonyl (C=O) groups is 5. The average molecular weight is 816 g/mol. The van der Waals surface area contributed by atoms with Crippen molar-refractivity contribution in [1.29, 1.82) is 0 Å². The van der Waals surface area contributed by atoms with Gasteiger partial charge in [0, 0.05) is 84.8 Å². The van der Waals surface area contributed by atoms with Crippen LogP contribution in [0.3, 0.4) is 0 Å². The monoisotopic (exact) mass is 815 g/mol. The van der Waals surface area contributed by atoms with Gasteiger partial charge in [-0.05, 0) is 52.7 Å². The maximum atomic E-state index is 13.4. The number of likely N-dealkylation sites (N-methyl/N-ethyl adjacent to an activating group) is 1. The zero-order valence-corrected chi connectivity index (χ0v) is 38.5. The first kappa shape index (κ1) is 53.2. The average Bonchev–Trinajstić information content (AvgIpc) is 3.13. The summed E-state index contributed by atoms with van der Waals surface area (Å²) in [5.41, 5.74) is -0.329. The molecule has 0 aromatic carbocycles. The minimum absolute atomic E-state index is 0. The topological polar surface area (TPSA) is 217 Å². The summed E-state index contributed by atoms with van der Waals surface area (Å²) in [4.78, 5) is 68.7. The van der Waals surface area contributed by atoms with E-state index in [-0.39, 0.29) is 115 Å². The second-order valence-corrected chi connectivity index (χ2v) is 14.6. The third-order valence-corrected chi connectivity index (χ3v) is 9.97. The third-order valence-electron chi connectivity index (χ3n) is 9.97. The van der Waals surface area contributed by atoms with Crippen LogP contribution in [-0.2, 0) is 42.9 Å². The molecule has 0 aromatic heterocycles. The van der Waals surface area contributed by atoms with Crippen LogP contribution in [0.1, 0.15) is 52.4 Å². The number of hydrogen-bond donors (Lipinski definition) is 3. The number of Topliss-reactive ketones (excluding diaryl/α,β-unsaturated/α-hetero) is 1. The second-order valence-electron chi connectivity index (χ2n) is 14.6. The van der Waals surface area contributed by atoms with Gasteiger partial charge in [-0.3, -0.25) is 24.3 Å². The zero-order valence-electron chi connectivity index (χ0n) is 34.5. The molecule has 0 aliphatic carbocycles. The van der Waals surface area contributed by atoms with Crippen LogP contribution in [0.15, 0.2) is 0 Å². The molecule has 1 spiro atoms. The van der Waals surface area contributed by atoms with E-state index in [1.807, 2.05) is 18.9 Å². The predicted octanol–water partition coefficient (Wildman–Crippen LogP) is -9.78. The number of carboxylic acid groups (broad SMARTS) is 2. The SMILES string of the molecule is CCN1CCN(CC(=O)[O-])CCN(CC(=O)[O-])CCN(CC(=O)NC(CCC(C)=O)C(=O)NCCCC2OCC3(COC(CCCNC)OC3)CO2)CC1.[Na+].[Na+]. The number of ketones is 1. The Labute approximate surface area is 376 Å². The summed E-state index contributed by atoms with van der Waals surface area (Å²) < 4.78 is 23.8. The van der Waals surface area contributed by atoms with E-state index in [1.54, 1.807) is 9.80 Å². The Morgan fingerprint density at radius 3 is 1.54 bits per heavy atom. The number of carboxylic acids is 2. The molecule has 0 radical (unpaired) electrons. The van der Waals surface area contributed by atoms with Gasteiger partial charge < -0.3 is 64.4 Å². The molecule has 310 valence electrons. The Kier molecular flexibility index (Phi) is 28.0. The maximum absolute atomic E-state index is 13.4. The summed E-state index contributed by atoms with van der Waals surface area (Å²) in [6, 6.07) is -0.916. The fraction of sp³-hybridized carbons (Fsp3) is 0.861. The maximum Gasteiger partial charge on any atom is 1.00 e. The van der Waals surface area contributed by atoms with Gasteiger partial charge in [0.15, 0.2) is 12.6 Å². The Balaban J connectivity index is 0.00000784. The second kappa shape index (κ2) is 29.4. The molecule has 18 nitrogen and oxygen atoms in total. The van der Waals surface area contributed by atoms with Crippen LogP contribution in [0, 0.1) is 5.41 Å². The van der Waals surface area contributed by atoms with Gasteiger partial charge in [0.1, 0.15) is 11.8 Å². The summed E-state index contributed by atoms with van der Waals surface area (Å²) >= 11 is 0. The summed E-state index contributed by atoms with van der Waals surface area (Å²) in [6.45, 7) is 10.1. The Hall–Kier alpha value is -0.810. The first-order valence-electron chi connectivity index (χ1n) is 19.4. The van der Waals surface area contributed by atoms with Crippen molar-refractivity contribution < 1.29 is 112 Å². The molecule has 1 atom stereocenters. The molecule has 3 aliphatic rings. The van der Waals surface area contributed by atoms with Gasteiger partial charge in [-0.15, -0.1) is 0 Å². The van der Waals surface area contributed by atoms with E-state index in [0.29, 0.717) is 105 Å².